The third kappa shape index (κ3) is 39.6. The van der Waals surface area contributed by atoms with E-state index in [4.69, 9.17) is 14.2 Å². The van der Waals surface area contributed by atoms with Crippen LogP contribution in [-0.2, 0) is 28.6 Å². The van der Waals surface area contributed by atoms with Gasteiger partial charge in [-0.25, -0.2) is 0 Å². The van der Waals surface area contributed by atoms with Crippen LogP contribution in [0.2, 0.25) is 0 Å². The van der Waals surface area contributed by atoms with Crippen molar-refractivity contribution in [1.29, 1.82) is 0 Å². The van der Waals surface area contributed by atoms with Crippen LogP contribution in [-0.4, -0.2) is 37.2 Å². The van der Waals surface area contributed by atoms with Gasteiger partial charge in [0.2, 0.25) is 0 Å². The van der Waals surface area contributed by atoms with Crippen LogP contribution in [0.5, 0.6) is 0 Å². The SMILES string of the molecule is CC\C=C/C=C\C=C/CCCCCCCCCC(=O)OCC(COC(=O)C/C=C\C/C=C\C/C=C\CC)OC(=O)CCCCCCC/C=C\CCCC. The molecule has 1 atom stereocenters. The number of allylic oxidation sites excluding steroid dienone is 13. The summed E-state index contributed by atoms with van der Waals surface area (Å²) in [6.07, 6.45) is 51.7. The molecule has 0 saturated carbocycles. The van der Waals surface area contributed by atoms with E-state index in [1.54, 1.807) is 6.08 Å². The molecule has 0 spiro atoms. The zero-order valence-corrected chi connectivity index (χ0v) is 34.0. The summed E-state index contributed by atoms with van der Waals surface area (Å²) in [6, 6.07) is 0. The third-order valence-electron chi connectivity index (χ3n) is 8.46. The number of hydrogen-bond acceptors (Lipinski definition) is 6. The molecule has 0 aromatic heterocycles. The van der Waals surface area contributed by atoms with Crippen LogP contribution in [0.4, 0.5) is 0 Å². The van der Waals surface area contributed by atoms with Crippen molar-refractivity contribution >= 4 is 17.9 Å². The number of carbonyl (C=O) groups excluding carboxylic acids is 3. The minimum Gasteiger partial charge on any atom is -0.462 e. The Morgan fingerprint density at radius 2 is 0.906 bits per heavy atom. The van der Waals surface area contributed by atoms with Gasteiger partial charge in [-0.1, -0.05) is 170 Å². The van der Waals surface area contributed by atoms with Crippen molar-refractivity contribution in [3.63, 3.8) is 0 Å². The highest BCUT2D eigenvalue weighted by Crippen LogP contribution is 2.12. The minimum atomic E-state index is -0.818. The summed E-state index contributed by atoms with van der Waals surface area (Å²) in [6.45, 7) is 6.20. The lowest BCUT2D eigenvalue weighted by Crippen LogP contribution is -2.30. The Labute approximate surface area is 325 Å². The minimum absolute atomic E-state index is 0.115. The van der Waals surface area contributed by atoms with E-state index in [0.717, 1.165) is 83.5 Å². The normalized spacial score (nSPS) is 12.9. The molecule has 0 amide bonds. The Morgan fingerprint density at radius 3 is 1.51 bits per heavy atom. The van der Waals surface area contributed by atoms with Crippen LogP contribution >= 0.6 is 0 Å². The Bertz CT molecular complexity index is 1080. The predicted molar refractivity (Wildman–Crippen MR) is 224 cm³/mol. The van der Waals surface area contributed by atoms with E-state index in [2.05, 4.69) is 93.7 Å². The number of esters is 3. The summed E-state index contributed by atoms with van der Waals surface area (Å²) in [5.74, 6) is -1.08. The van der Waals surface area contributed by atoms with Crippen LogP contribution in [0.3, 0.4) is 0 Å². The maximum absolute atomic E-state index is 12.6. The second-order valence-corrected chi connectivity index (χ2v) is 13.6. The fourth-order valence-electron chi connectivity index (χ4n) is 5.30. The van der Waals surface area contributed by atoms with E-state index >= 15 is 0 Å². The largest absolute Gasteiger partial charge is 0.462 e. The van der Waals surface area contributed by atoms with Crippen molar-refractivity contribution in [2.75, 3.05) is 13.2 Å². The van der Waals surface area contributed by atoms with Gasteiger partial charge in [0.05, 0.1) is 6.42 Å². The first-order chi connectivity index (χ1) is 26.0. The molecule has 0 bridgehead atoms. The second kappa shape index (κ2) is 41.3. The standard InChI is InChI=1S/C47H76O6/c1-4-7-10-13-16-19-21-22-23-24-26-28-31-34-37-40-46(49)52-43-44(42-51-45(48)39-36-33-30-27-18-15-12-9-6-3)53-47(50)41-38-35-32-29-25-20-17-14-11-8-5-2/h7,9-10,12-14,16-19,21,27,33,36,44H,4-6,8,11,15,20,22-26,28-32,34-35,37-43H2,1-3H3/b10-7-,12-9-,16-13-,17-14-,21-19-,27-18-,36-33-. The molecule has 1 unspecified atom stereocenters. The molecule has 0 aliphatic heterocycles. The van der Waals surface area contributed by atoms with E-state index in [9.17, 15) is 14.4 Å². The molecule has 0 heterocycles. The molecule has 53 heavy (non-hydrogen) atoms. The fourth-order valence-corrected chi connectivity index (χ4v) is 5.30. The molecule has 0 N–H and O–H groups in total. The number of ether oxygens (including phenoxy) is 3. The lowest BCUT2D eigenvalue weighted by atomic mass is 10.1. The van der Waals surface area contributed by atoms with Gasteiger partial charge in [-0.05, 0) is 70.6 Å². The summed E-state index contributed by atoms with van der Waals surface area (Å²) in [5, 5.41) is 0. The van der Waals surface area contributed by atoms with Crippen molar-refractivity contribution < 1.29 is 28.6 Å². The van der Waals surface area contributed by atoms with Gasteiger partial charge in [0.25, 0.3) is 0 Å². The molecule has 0 rings (SSSR count). The van der Waals surface area contributed by atoms with E-state index in [1.165, 1.54) is 51.4 Å². The van der Waals surface area contributed by atoms with Crippen LogP contribution < -0.4 is 0 Å². The zero-order valence-electron chi connectivity index (χ0n) is 34.0. The van der Waals surface area contributed by atoms with Gasteiger partial charge >= 0.3 is 17.9 Å². The van der Waals surface area contributed by atoms with Gasteiger partial charge in [0.1, 0.15) is 13.2 Å². The van der Waals surface area contributed by atoms with Crippen molar-refractivity contribution in [3.8, 4) is 0 Å². The highest BCUT2D eigenvalue weighted by molar-refractivity contribution is 5.72. The first kappa shape index (κ1) is 49.6. The molecule has 0 aromatic carbocycles. The molecule has 0 aliphatic carbocycles. The highest BCUT2D eigenvalue weighted by Gasteiger charge is 2.19. The molecule has 0 saturated heterocycles. The second-order valence-electron chi connectivity index (χ2n) is 13.6. The summed E-state index contributed by atoms with van der Waals surface area (Å²) in [4.78, 5) is 37.5. The average Bonchev–Trinajstić information content (AvgIpc) is 3.15. The zero-order chi connectivity index (χ0) is 38.7. The van der Waals surface area contributed by atoms with Crippen molar-refractivity contribution in [2.24, 2.45) is 0 Å². The predicted octanol–water partition coefficient (Wildman–Crippen LogP) is 13.3. The Kier molecular flexibility index (Phi) is 38.7. The van der Waals surface area contributed by atoms with Gasteiger partial charge in [0, 0.05) is 12.8 Å². The van der Waals surface area contributed by atoms with Gasteiger partial charge in [-0.2, -0.15) is 0 Å². The summed E-state index contributed by atoms with van der Waals surface area (Å²) < 4.78 is 16.5. The molecule has 0 aromatic rings. The Morgan fingerprint density at radius 1 is 0.434 bits per heavy atom. The summed E-state index contributed by atoms with van der Waals surface area (Å²) in [7, 11) is 0. The van der Waals surface area contributed by atoms with Gasteiger partial charge in [-0.15, -0.1) is 0 Å². The summed E-state index contributed by atoms with van der Waals surface area (Å²) >= 11 is 0. The molecule has 300 valence electrons. The van der Waals surface area contributed by atoms with Crippen molar-refractivity contribution in [1.82, 2.24) is 0 Å². The third-order valence-corrected chi connectivity index (χ3v) is 8.46. The lowest BCUT2D eigenvalue weighted by Gasteiger charge is -2.18. The number of carbonyl (C=O) groups is 3. The Balaban J connectivity index is 4.46. The number of unbranched alkanes of at least 4 members (excludes halogenated alkanes) is 14. The number of rotatable bonds is 36. The summed E-state index contributed by atoms with van der Waals surface area (Å²) in [5.41, 5.74) is 0. The molecule has 6 heteroatoms. The van der Waals surface area contributed by atoms with E-state index in [1.807, 2.05) is 6.08 Å². The first-order valence-electron chi connectivity index (χ1n) is 21.1. The van der Waals surface area contributed by atoms with Crippen LogP contribution in [0.25, 0.3) is 0 Å². The maximum Gasteiger partial charge on any atom is 0.309 e. The number of hydrogen-bond donors (Lipinski definition) is 0. The van der Waals surface area contributed by atoms with Gasteiger partial charge in [-0.3, -0.25) is 14.4 Å². The maximum atomic E-state index is 12.6. The van der Waals surface area contributed by atoms with Crippen LogP contribution in [0.1, 0.15) is 175 Å². The fraction of sp³-hybridized carbons (Fsp3) is 0.638. The lowest BCUT2D eigenvalue weighted by molar-refractivity contribution is -0.166. The van der Waals surface area contributed by atoms with E-state index in [0.29, 0.717) is 12.8 Å². The van der Waals surface area contributed by atoms with Crippen LogP contribution in [0.15, 0.2) is 85.1 Å². The molecule has 6 nitrogen and oxygen atoms in total. The van der Waals surface area contributed by atoms with E-state index < -0.39 is 12.1 Å². The monoisotopic (exact) mass is 737 g/mol. The Hall–Kier alpha value is -3.41. The van der Waals surface area contributed by atoms with Crippen molar-refractivity contribution in [3.05, 3.63) is 85.1 Å². The van der Waals surface area contributed by atoms with Crippen molar-refractivity contribution in [2.45, 2.75) is 181 Å². The topological polar surface area (TPSA) is 78.9 Å². The smallest absolute Gasteiger partial charge is 0.309 e. The molecule has 0 aliphatic rings. The van der Waals surface area contributed by atoms with E-state index in [-0.39, 0.29) is 31.6 Å². The molecular weight excluding hydrogens is 661 g/mol. The molecule has 0 radical (unpaired) electrons. The van der Waals surface area contributed by atoms with Gasteiger partial charge < -0.3 is 14.2 Å². The highest BCUT2D eigenvalue weighted by atomic mass is 16.6. The van der Waals surface area contributed by atoms with Gasteiger partial charge in [0.15, 0.2) is 6.10 Å². The van der Waals surface area contributed by atoms with Crippen LogP contribution in [0, 0.1) is 0 Å². The first-order valence-corrected chi connectivity index (χ1v) is 21.1. The average molecular weight is 737 g/mol. The molecule has 0 fully saturated rings. The quantitative estimate of drug-likeness (QED) is 0.0209. The molecular formula is C47H76O6.